The molecule has 23 heavy (non-hydrogen) atoms. The number of hydrogen-bond acceptors (Lipinski definition) is 4. The Bertz CT molecular complexity index is 690. The van der Waals surface area contributed by atoms with E-state index in [1.54, 1.807) is 41.6 Å². The number of benzene rings is 1. The van der Waals surface area contributed by atoms with Gasteiger partial charge < -0.3 is 15.1 Å². The minimum atomic E-state index is -0.192. The van der Waals surface area contributed by atoms with Crippen LogP contribution in [0.3, 0.4) is 0 Å². The van der Waals surface area contributed by atoms with Crippen molar-refractivity contribution in [3.63, 3.8) is 0 Å². The van der Waals surface area contributed by atoms with Gasteiger partial charge in [0.05, 0.1) is 15.7 Å². The molecule has 0 spiro atoms. The van der Waals surface area contributed by atoms with E-state index in [4.69, 9.17) is 23.2 Å². The molecule has 6 nitrogen and oxygen atoms in total. The number of carbonyl (C=O) groups is 1. The first-order valence-corrected chi connectivity index (χ1v) is 7.92. The number of anilines is 2. The lowest BCUT2D eigenvalue weighted by atomic mass is 10.3. The molecule has 0 radical (unpaired) electrons. The van der Waals surface area contributed by atoms with Crippen LogP contribution in [0.25, 0.3) is 0 Å². The fourth-order valence-electron chi connectivity index (χ4n) is 2.36. The summed E-state index contributed by atoms with van der Waals surface area (Å²) in [6, 6.07) is 6.73. The third-order valence-electron chi connectivity index (χ3n) is 3.60. The van der Waals surface area contributed by atoms with Gasteiger partial charge in [0.15, 0.2) is 0 Å². The maximum Gasteiger partial charge on any atom is 0.322 e. The van der Waals surface area contributed by atoms with Crippen LogP contribution >= 0.6 is 23.2 Å². The molecule has 1 aromatic heterocycles. The van der Waals surface area contributed by atoms with Crippen molar-refractivity contribution in [1.29, 1.82) is 0 Å². The van der Waals surface area contributed by atoms with Gasteiger partial charge in [-0.05, 0) is 18.2 Å². The largest absolute Gasteiger partial charge is 0.337 e. The molecule has 2 aromatic rings. The first kappa shape index (κ1) is 15.8. The summed E-state index contributed by atoms with van der Waals surface area (Å²) in [6.45, 7) is 2.53. The quantitative estimate of drug-likeness (QED) is 0.902. The number of aromatic nitrogens is 2. The molecule has 1 aliphatic heterocycles. The lowest BCUT2D eigenvalue weighted by Gasteiger charge is -2.34. The van der Waals surface area contributed by atoms with Crippen LogP contribution in [0.1, 0.15) is 0 Å². The van der Waals surface area contributed by atoms with Crippen molar-refractivity contribution in [3.05, 3.63) is 46.7 Å². The van der Waals surface area contributed by atoms with Gasteiger partial charge in [-0.2, -0.15) is 0 Å². The Hall–Kier alpha value is -2.05. The summed E-state index contributed by atoms with van der Waals surface area (Å²) >= 11 is 12.0. The normalized spacial score (nSPS) is 14.7. The maximum absolute atomic E-state index is 12.3. The van der Waals surface area contributed by atoms with E-state index in [1.165, 1.54) is 0 Å². The van der Waals surface area contributed by atoms with Gasteiger partial charge in [0, 0.05) is 38.6 Å². The number of nitrogens with one attached hydrogen (secondary N) is 1. The molecule has 0 bridgehead atoms. The molecule has 2 amide bonds. The molecule has 1 fully saturated rings. The molecule has 0 unspecified atom stereocenters. The highest BCUT2D eigenvalue weighted by molar-refractivity contribution is 6.43. The highest BCUT2D eigenvalue weighted by Gasteiger charge is 2.23. The van der Waals surface area contributed by atoms with Gasteiger partial charge in [-0.1, -0.05) is 29.3 Å². The first-order valence-electron chi connectivity index (χ1n) is 7.17. The summed E-state index contributed by atoms with van der Waals surface area (Å²) < 4.78 is 0. The Kier molecular flexibility index (Phi) is 4.83. The minimum absolute atomic E-state index is 0.192. The summed E-state index contributed by atoms with van der Waals surface area (Å²) in [5, 5.41) is 3.55. The van der Waals surface area contributed by atoms with Gasteiger partial charge in [-0.25, -0.2) is 14.8 Å². The molecular formula is C15H15Cl2N5O. The summed E-state index contributed by atoms with van der Waals surface area (Å²) in [4.78, 5) is 24.6. The smallest absolute Gasteiger partial charge is 0.322 e. The Balaban J connectivity index is 1.59. The third kappa shape index (κ3) is 3.65. The average molecular weight is 352 g/mol. The minimum Gasteiger partial charge on any atom is -0.337 e. The predicted molar refractivity (Wildman–Crippen MR) is 91.3 cm³/mol. The number of carbonyl (C=O) groups excluding carboxylic acids is 1. The van der Waals surface area contributed by atoms with Gasteiger partial charge in [0.2, 0.25) is 5.95 Å². The zero-order valence-electron chi connectivity index (χ0n) is 12.2. The van der Waals surface area contributed by atoms with Crippen LogP contribution in [0.2, 0.25) is 10.0 Å². The van der Waals surface area contributed by atoms with Gasteiger partial charge in [0.1, 0.15) is 0 Å². The van der Waals surface area contributed by atoms with E-state index in [-0.39, 0.29) is 6.03 Å². The summed E-state index contributed by atoms with van der Waals surface area (Å²) in [5.74, 6) is 0.686. The molecule has 0 saturated carbocycles. The van der Waals surface area contributed by atoms with Crippen LogP contribution in [-0.4, -0.2) is 47.1 Å². The maximum atomic E-state index is 12.3. The zero-order valence-corrected chi connectivity index (χ0v) is 13.8. The molecule has 1 N–H and O–H groups in total. The van der Waals surface area contributed by atoms with E-state index in [0.717, 1.165) is 0 Å². The van der Waals surface area contributed by atoms with Crippen LogP contribution in [0.15, 0.2) is 36.7 Å². The summed E-state index contributed by atoms with van der Waals surface area (Å²) in [7, 11) is 0. The monoisotopic (exact) mass is 351 g/mol. The number of nitrogens with zero attached hydrogens (tertiary/aromatic N) is 4. The number of amides is 2. The molecule has 120 valence electrons. The summed E-state index contributed by atoms with van der Waals surface area (Å²) in [5.41, 5.74) is 0.512. The Morgan fingerprint density at radius 2 is 1.74 bits per heavy atom. The molecule has 1 aromatic carbocycles. The van der Waals surface area contributed by atoms with E-state index in [2.05, 4.69) is 20.2 Å². The molecular weight excluding hydrogens is 337 g/mol. The number of hydrogen-bond donors (Lipinski definition) is 1. The van der Waals surface area contributed by atoms with Crippen molar-refractivity contribution in [2.24, 2.45) is 0 Å². The SMILES string of the molecule is O=C(Nc1cccc(Cl)c1Cl)N1CCN(c2ncccn2)CC1. The molecule has 0 aliphatic carbocycles. The van der Waals surface area contributed by atoms with Crippen LogP contribution in [0.5, 0.6) is 0 Å². The Morgan fingerprint density at radius 1 is 1.04 bits per heavy atom. The van der Waals surface area contributed by atoms with Crippen LogP contribution in [-0.2, 0) is 0 Å². The third-order valence-corrected chi connectivity index (χ3v) is 4.41. The number of halogens is 2. The second kappa shape index (κ2) is 7.02. The van der Waals surface area contributed by atoms with E-state index in [1.807, 2.05) is 0 Å². The lowest BCUT2D eigenvalue weighted by Crippen LogP contribution is -2.50. The molecule has 1 aliphatic rings. The number of piperazine rings is 1. The van der Waals surface area contributed by atoms with E-state index in [0.29, 0.717) is 47.9 Å². The van der Waals surface area contributed by atoms with Crippen molar-refractivity contribution < 1.29 is 4.79 Å². The second-order valence-electron chi connectivity index (χ2n) is 5.05. The topological polar surface area (TPSA) is 61.4 Å². The van der Waals surface area contributed by atoms with Crippen molar-refractivity contribution >= 4 is 40.9 Å². The van der Waals surface area contributed by atoms with Gasteiger partial charge in [-0.3, -0.25) is 0 Å². The lowest BCUT2D eigenvalue weighted by molar-refractivity contribution is 0.208. The fraction of sp³-hybridized carbons (Fsp3) is 0.267. The molecule has 2 heterocycles. The van der Waals surface area contributed by atoms with Crippen LogP contribution < -0.4 is 10.2 Å². The standard InChI is InChI=1S/C15H15Cl2N5O/c16-11-3-1-4-12(13(11)17)20-15(23)22-9-7-21(8-10-22)14-18-5-2-6-19-14/h1-6H,7-10H2,(H,20,23). The number of rotatable bonds is 2. The van der Waals surface area contributed by atoms with Gasteiger partial charge in [-0.15, -0.1) is 0 Å². The highest BCUT2D eigenvalue weighted by Crippen LogP contribution is 2.29. The number of urea groups is 1. The van der Waals surface area contributed by atoms with Gasteiger partial charge >= 0.3 is 6.03 Å². The van der Waals surface area contributed by atoms with Crippen LogP contribution in [0, 0.1) is 0 Å². The first-order chi connectivity index (χ1) is 11.1. The summed E-state index contributed by atoms with van der Waals surface area (Å²) in [6.07, 6.45) is 3.42. The second-order valence-corrected chi connectivity index (χ2v) is 5.84. The Morgan fingerprint density at radius 3 is 2.43 bits per heavy atom. The van der Waals surface area contributed by atoms with Crippen molar-refractivity contribution in [3.8, 4) is 0 Å². The molecule has 3 rings (SSSR count). The van der Waals surface area contributed by atoms with E-state index < -0.39 is 0 Å². The van der Waals surface area contributed by atoms with E-state index in [9.17, 15) is 4.79 Å². The zero-order chi connectivity index (χ0) is 16.2. The average Bonchev–Trinajstić information content (AvgIpc) is 2.60. The Labute approximate surface area is 144 Å². The fourth-order valence-corrected chi connectivity index (χ4v) is 2.71. The van der Waals surface area contributed by atoms with E-state index >= 15 is 0 Å². The van der Waals surface area contributed by atoms with Crippen molar-refractivity contribution in [1.82, 2.24) is 14.9 Å². The predicted octanol–water partition coefficient (Wildman–Crippen LogP) is 3.14. The van der Waals surface area contributed by atoms with Gasteiger partial charge in [0.25, 0.3) is 0 Å². The highest BCUT2D eigenvalue weighted by atomic mass is 35.5. The molecule has 0 atom stereocenters. The van der Waals surface area contributed by atoms with Crippen molar-refractivity contribution in [2.45, 2.75) is 0 Å². The molecule has 1 saturated heterocycles. The molecule has 8 heteroatoms. The van der Waals surface area contributed by atoms with Crippen LogP contribution in [0.4, 0.5) is 16.4 Å². The van der Waals surface area contributed by atoms with Crippen molar-refractivity contribution in [2.75, 3.05) is 36.4 Å².